The molecule has 0 N–H and O–H groups in total. The first-order valence-corrected chi connectivity index (χ1v) is 14.1. The molecule has 5 nitrogen and oxygen atoms in total. The molecule has 5 heteroatoms. The van der Waals surface area contributed by atoms with Crippen molar-refractivity contribution in [3.63, 3.8) is 0 Å². The van der Waals surface area contributed by atoms with Gasteiger partial charge in [-0.05, 0) is 77.7 Å². The van der Waals surface area contributed by atoms with E-state index in [0.717, 1.165) is 44.9 Å². The van der Waals surface area contributed by atoms with Crippen molar-refractivity contribution in [2.45, 2.75) is 129 Å². The van der Waals surface area contributed by atoms with Crippen molar-refractivity contribution < 1.29 is 23.7 Å². The van der Waals surface area contributed by atoms with Gasteiger partial charge in [0.1, 0.15) is 6.10 Å². The molecule has 0 aromatic heterocycles. The first-order valence-electron chi connectivity index (χ1n) is 14.1. The lowest BCUT2D eigenvalue weighted by Gasteiger charge is -2.37. The van der Waals surface area contributed by atoms with E-state index >= 15 is 0 Å². The van der Waals surface area contributed by atoms with Gasteiger partial charge in [0.2, 0.25) is 0 Å². The molecule has 3 heterocycles. The van der Waals surface area contributed by atoms with Gasteiger partial charge in [-0.15, -0.1) is 0 Å². The number of allylic oxidation sites excluding steroid dienone is 6. The van der Waals surface area contributed by atoms with Crippen LogP contribution in [0.15, 0.2) is 47.6 Å². The summed E-state index contributed by atoms with van der Waals surface area (Å²) in [4.78, 5) is 13.0. The molecule has 0 aliphatic carbocycles. The highest BCUT2D eigenvalue weighted by Gasteiger charge is 2.33. The van der Waals surface area contributed by atoms with Crippen LogP contribution in [0.5, 0.6) is 0 Å². The van der Waals surface area contributed by atoms with Gasteiger partial charge in [-0.25, -0.2) is 0 Å². The Labute approximate surface area is 219 Å². The Morgan fingerprint density at radius 2 is 1.67 bits per heavy atom. The number of fused-ring (bicyclic) bond motifs is 4. The molecular formula is C31H48O5. The third-order valence-corrected chi connectivity index (χ3v) is 7.63. The Balaban J connectivity index is 1.75. The SMILES string of the molecule is C/C=C1\CC2CC(=O)OC(/C=C/C=C\C=C(/C)CC)C(C)OCC(C)CC3CCCC(CC(C1)O2)O3. The molecule has 4 bridgehead atoms. The van der Waals surface area contributed by atoms with E-state index in [-0.39, 0.29) is 42.9 Å². The predicted molar refractivity (Wildman–Crippen MR) is 145 cm³/mol. The van der Waals surface area contributed by atoms with Crippen molar-refractivity contribution in [3.8, 4) is 0 Å². The number of hydrogen-bond acceptors (Lipinski definition) is 5. The normalized spacial score (nSPS) is 36.9. The van der Waals surface area contributed by atoms with Crippen molar-refractivity contribution in [1.29, 1.82) is 0 Å². The first kappa shape index (κ1) is 28.9. The van der Waals surface area contributed by atoms with Gasteiger partial charge in [-0.1, -0.05) is 55.4 Å². The number of hydrogen-bond donors (Lipinski definition) is 0. The van der Waals surface area contributed by atoms with Crippen LogP contribution in [0.4, 0.5) is 0 Å². The van der Waals surface area contributed by atoms with Crippen molar-refractivity contribution in [3.05, 3.63) is 47.6 Å². The van der Waals surface area contributed by atoms with Gasteiger partial charge in [0, 0.05) is 13.0 Å². The maximum atomic E-state index is 13.0. The van der Waals surface area contributed by atoms with Crippen LogP contribution in [0, 0.1) is 5.92 Å². The smallest absolute Gasteiger partial charge is 0.309 e. The van der Waals surface area contributed by atoms with E-state index in [0.29, 0.717) is 12.5 Å². The molecule has 3 aliphatic heterocycles. The molecule has 7 atom stereocenters. The maximum Gasteiger partial charge on any atom is 0.309 e. The molecule has 3 aliphatic rings. The summed E-state index contributed by atoms with van der Waals surface area (Å²) in [7, 11) is 0. The predicted octanol–water partition coefficient (Wildman–Crippen LogP) is 7.02. The number of esters is 1. The standard InChI is InChI=1S/C31H48O5/c1-6-22(3)12-9-8-10-15-30-24(5)33-21-23(4)16-26-13-11-14-27(34-26)19-28-17-25(7-2)18-29(35-28)20-31(32)36-30/h7-10,12,15,23-24,26-30H,6,11,13-14,16-21H2,1-5H3/b9-8-,15-10+,22-12+,25-7-. The zero-order chi connectivity index (χ0) is 25.9. The summed E-state index contributed by atoms with van der Waals surface area (Å²) in [6, 6.07) is 0. The highest BCUT2D eigenvalue weighted by atomic mass is 16.6. The number of carbonyl (C=O) groups excluding carboxylic acids is 1. The summed E-state index contributed by atoms with van der Waals surface area (Å²) in [6.07, 6.45) is 20.2. The molecule has 0 radical (unpaired) electrons. The van der Waals surface area contributed by atoms with Crippen LogP contribution in [0.25, 0.3) is 0 Å². The molecule has 0 spiro atoms. The van der Waals surface area contributed by atoms with E-state index in [2.05, 4.69) is 39.8 Å². The summed E-state index contributed by atoms with van der Waals surface area (Å²) in [5.74, 6) is 0.137. The van der Waals surface area contributed by atoms with Crippen LogP contribution in [-0.4, -0.2) is 49.2 Å². The van der Waals surface area contributed by atoms with Gasteiger partial charge in [0.25, 0.3) is 0 Å². The molecule has 0 aromatic rings. The van der Waals surface area contributed by atoms with E-state index in [9.17, 15) is 4.79 Å². The van der Waals surface area contributed by atoms with Gasteiger partial charge < -0.3 is 18.9 Å². The Morgan fingerprint density at radius 1 is 0.944 bits per heavy atom. The van der Waals surface area contributed by atoms with Gasteiger partial charge >= 0.3 is 5.97 Å². The minimum absolute atomic E-state index is 0.0968. The van der Waals surface area contributed by atoms with E-state index in [1.165, 1.54) is 17.6 Å². The monoisotopic (exact) mass is 500 g/mol. The second-order valence-electron chi connectivity index (χ2n) is 11.0. The Hall–Kier alpha value is -1.69. The van der Waals surface area contributed by atoms with Crippen molar-refractivity contribution in [2.24, 2.45) is 5.92 Å². The lowest BCUT2D eigenvalue weighted by Crippen LogP contribution is -2.38. The molecule has 3 rings (SSSR count). The first-order chi connectivity index (χ1) is 17.4. The van der Waals surface area contributed by atoms with Gasteiger partial charge in [0.15, 0.2) is 0 Å². The van der Waals surface area contributed by atoms with E-state index in [1.807, 2.05) is 31.2 Å². The summed E-state index contributed by atoms with van der Waals surface area (Å²) >= 11 is 0. The maximum absolute atomic E-state index is 13.0. The molecule has 36 heavy (non-hydrogen) atoms. The Kier molecular flexibility index (Phi) is 12.0. The molecule has 3 saturated heterocycles. The number of cyclic esters (lactones) is 1. The van der Waals surface area contributed by atoms with Crippen LogP contribution in [0.3, 0.4) is 0 Å². The van der Waals surface area contributed by atoms with Crippen LogP contribution >= 0.6 is 0 Å². The third-order valence-electron chi connectivity index (χ3n) is 7.63. The fraction of sp³-hybridized carbons (Fsp3) is 0.710. The fourth-order valence-electron chi connectivity index (χ4n) is 5.33. The molecule has 7 unspecified atom stereocenters. The van der Waals surface area contributed by atoms with Crippen molar-refractivity contribution in [1.82, 2.24) is 0 Å². The fourth-order valence-corrected chi connectivity index (χ4v) is 5.33. The second-order valence-corrected chi connectivity index (χ2v) is 11.0. The third kappa shape index (κ3) is 9.64. The molecular weight excluding hydrogens is 452 g/mol. The van der Waals surface area contributed by atoms with E-state index < -0.39 is 6.10 Å². The Bertz CT molecular complexity index is 810. The molecule has 3 fully saturated rings. The number of ether oxygens (including phenoxy) is 4. The molecule has 0 aromatic carbocycles. The van der Waals surface area contributed by atoms with Gasteiger partial charge in [0.05, 0.1) is 36.9 Å². The molecule has 202 valence electrons. The Morgan fingerprint density at radius 3 is 2.42 bits per heavy atom. The van der Waals surface area contributed by atoms with Crippen molar-refractivity contribution >= 4 is 5.97 Å². The second kappa shape index (κ2) is 14.9. The lowest BCUT2D eigenvalue weighted by atomic mass is 9.90. The quantitative estimate of drug-likeness (QED) is 0.236. The van der Waals surface area contributed by atoms with E-state index in [4.69, 9.17) is 18.9 Å². The topological polar surface area (TPSA) is 54.0 Å². The van der Waals surface area contributed by atoms with Crippen LogP contribution in [0.1, 0.15) is 92.4 Å². The zero-order valence-electron chi connectivity index (χ0n) is 23.1. The summed E-state index contributed by atoms with van der Waals surface area (Å²) in [5, 5.41) is 0. The summed E-state index contributed by atoms with van der Waals surface area (Å²) in [6.45, 7) is 11.2. The van der Waals surface area contributed by atoms with E-state index in [1.54, 1.807) is 0 Å². The van der Waals surface area contributed by atoms with Crippen LogP contribution < -0.4 is 0 Å². The largest absolute Gasteiger partial charge is 0.455 e. The van der Waals surface area contributed by atoms with Crippen LogP contribution in [-0.2, 0) is 23.7 Å². The highest BCUT2D eigenvalue weighted by molar-refractivity contribution is 5.70. The minimum atomic E-state index is -0.450. The minimum Gasteiger partial charge on any atom is -0.455 e. The van der Waals surface area contributed by atoms with Crippen LogP contribution in [0.2, 0.25) is 0 Å². The van der Waals surface area contributed by atoms with Gasteiger partial charge in [-0.3, -0.25) is 4.79 Å². The highest BCUT2D eigenvalue weighted by Crippen LogP contribution is 2.33. The molecule has 0 saturated carbocycles. The average molecular weight is 501 g/mol. The van der Waals surface area contributed by atoms with Crippen molar-refractivity contribution in [2.75, 3.05) is 6.61 Å². The molecule has 0 amide bonds. The summed E-state index contributed by atoms with van der Waals surface area (Å²) in [5.41, 5.74) is 2.68. The zero-order valence-corrected chi connectivity index (χ0v) is 23.1. The summed E-state index contributed by atoms with van der Waals surface area (Å²) < 4.78 is 25.1. The number of rotatable bonds is 4. The lowest BCUT2D eigenvalue weighted by molar-refractivity contribution is -0.160. The average Bonchev–Trinajstić information content (AvgIpc) is 2.85. The number of carbonyl (C=O) groups is 1. The van der Waals surface area contributed by atoms with Gasteiger partial charge in [-0.2, -0.15) is 0 Å².